The molecule has 0 radical (unpaired) electrons. The van der Waals surface area contributed by atoms with Crippen LogP contribution in [0, 0.1) is 6.04 Å². The summed E-state index contributed by atoms with van der Waals surface area (Å²) in [5, 5.41) is 0. The summed E-state index contributed by atoms with van der Waals surface area (Å²) in [6, 6.07) is 1.57. The first-order valence-electron chi connectivity index (χ1n) is 4.40. The molecule has 0 aromatic carbocycles. The number of hydrogen-bond donors (Lipinski definition) is 0. The van der Waals surface area contributed by atoms with Crippen LogP contribution < -0.4 is 0 Å². The molecule has 0 aliphatic carbocycles. The molecule has 0 aromatic heterocycles. The van der Waals surface area contributed by atoms with Crippen LogP contribution >= 0.6 is 0 Å². The van der Waals surface area contributed by atoms with Crippen LogP contribution in [0.15, 0.2) is 11.6 Å². The third kappa shape index (κ3) is 0.814. The van der Waals surface area contributed by atoms with E-state index in [-0.39, 0.29) is 0 Å². The van der Waals surface area contributed by atoms with Crippen LogP contribution in [0.25, 0.3) is 0 Å². The van der Waals surface area contributed by atoms with Gasteiger partial charge in [-0.1, -0.05) is 19.8 Å². The smallest absolute Gasteiger partial charge is 0 e. The third-order valence-electron chi connectivity index (χ3n) is 3.42. The summed E-state index contributed by atoms with van der Waals surface area (Å²) < 4.78 is 0. The molecule has 0 spiro atoms. The predicted molar refractivity (Wildman–Crippen MR) is 47.0 cm³/mol. The van der Waals surface area contributed by atoms with Crippen molar-refractivity contribution in [1.29, 1.82) is 0 Å². The van der Waals surface area contributed by atoms with Crippen LogP contribution in [0.3, 0.4) is 0 Å². The van der Waals surface area contributed by atoms with E-state index in [9.17, 15) is 0 Å². The van der Waals surface area contributed by atoms with E-state index >= 15 is 0 Å². The fraction of sp³-hybridized carbons (Fsp3) is 0.700. The van der Waals surface area contributed by atoms with Gasteiger partial charge in [0.15, 0.2) is 0 Å². The number of nitrogens with zero attached hydrogens (tertiary/aromatic N) is 1. The summed E-state index contributed by atoms with van der Waals surface area (Å²) in [5.41, 5.74) is 1.96. The van der Waals surface area contributed by atoms with Gasteiger partial charge in [0.2, 0.25) is 0 Å². The fourth-order valence-corrected chi connectivity index (χ4v) is 2.24. The van der Waals surface area contributed by atoms with Crippen LogP contribution in [0.2, 0.25) is 0 Å². The van der Waals surface area contributed by atoms with Gasteiger partial charge in [0, 0.05) is 0 Å². The quantitative estimate of drug-likeness (QED) is 0.548. The van der Waals surface area contributed by atoms with E-state index in [2.05, 4.69) is 31.9 Å². The fourth-order valence-electron chi connectivity index (χ4n) is 2.24. The van der Waals surface area contributed by atoms with Crippen molar-refractivity contribution < 1.29 is 0 Å². The van der Waals surface area contributed by atoms with Crippen LogP contribution in [-0.2, 0) is 0 Å². The second-order valence-electron chi connectivity index (χ2n) is 4.09. The van der Waals surface area contributed by atoms with Crippen molar-refractivity contribution in [2.75, 3.05) is 7.05 Å². The molecule has 1 unspecified atom stereocenters. The van der Waals surface area contributed by atoms with Crippen molar-refractivity contribution >= 4 is 0 Å². The van der Waals surface area contributed by atoms with Gasteiger partial charge in [-0.3, -0.25) is 0 Å². The summed E-state index contributed by atoms with van der Waals surface area (Å²) in [5.74, 6) is 0. The minimum Gasteiger partial charge on any atom is -0.355 e. The van der Waals surface area contributed by atoms with Gasteiger partial charge < -0.3 is 4.90 Å². The van der Waals surface area contributed by atoms with Crippen molar-refractivity contribution in [2.45, 2.75) is 38.6 Å². The first-order valence-corrected chi connectivity index (χ1v) is 4.40. The molecule has 0 saturated carbocycles. The summed E-state index contributed by atoms with van der Waals surface area (Å²) in [6.07, 6.45) is 6.25. The number of rotatable bonds is 0. The zero-order valence-electron chi connectivity index (χ0n) is 8.35. The molecule has 2 aliphatic heterocycles. The summed E-state index contributed by atoms with van der Waals surface area (Å²) in [6.45, 7) is 4.60. The molecule has 12 heavy (non-hydrogen) atoms. The van der Waals surface area contributed by atoms with Crippen molar-refractivity contribution in [2.24, 2.45) is 0 Å². The van der Waals surface area contributed by atoms with Gasteiger partial charge in [0.1, 0.15) is 0 Å². The number of likely N-dealkylation sites (N-methyl/N-ethyl adjacent to an activating group) is 1. The molecule has 1 nitrogen and oxygen atoms in total. The molecule has 2 rings (SSSR count). The van der Waals surface area contributed by atoms with E-state index < -0.39 is 0 Å². The molecule has 0 N–H and O–H groups in total. The van der Waals surface area contributed by atoms with Crippen LogP contribution in [0.5, 0.6) is 0 Å². The molecule has 2 heteroatoms. The Morgan fingerprint density at radius 3 is 2.83 bits per heavy atom. The summed E-state index contributed by atoms with van der Waals surface area (Å²) >= 11 is 0. The predicted octanol–water partition coefficient (Wildman–Crippen LogP) is 2.35. The standard InChI is InChI=1S/C10H16N.Rf/c1-8-4-6-10(2)7-5-9(8)11(10)3;/h4H,5-7H2,1-3H3;/q-1;. The number of hydrogen-bond acceptors (Lipinski definition) is 1. The Morgan fingerprint density at radius 2 is 2.25 bits per heavy atom. The van der Waals surface area contributed by atoms with E-state index in [0.29, 0.717) is 5.54 Å². The second kappa shape index (κ2) is 2.28. The van der Waals surface area contributed by atoms with Gasteiger partial charge >= 0.3 is 0 Å². The van der Waals surface area contributed by atoms with Gasteiger partial charge in [-0.15, -0.1) is 0 Å². The Bertz CT molecular complexity index is 212. The summed E-state index contributed by atoms with van der Waals surface area (Å²) in [4.78, 5) is 2.47. The molecule has 2 aliphatic rings. The second-order valence-corrected chi connectivity index (χ2v) is 4.09. The van der Waals surface area contributed by atoms with Gasteiger partial charge in [0.25, 0.3) is 0 Å². The minimum atomic E-state index is 0. The van der Waals surface area contributed by atoms with Crippen molar-refractivity contribution in [3.8, 4) is 0 Å². The van der Waals surface area contributed by atoms with Gasteiger partial charge in [-0.2, -0.15) is 6.04 Å². The molecule has 2 heterocycles. The molecule has 0 amide bonds. The molecule has 1 atom stereocenters. The molecular formula is C10H16NRf-. The first-order chi connectivity index (χ1) is 5.13. The zero-order valence-corrected chi connectivity index (χ0v) is 14.8. The minimum absolute atomic E-state index is 0. The Labute approximate surface area is 69.1 Å². The van der Waals surface area contributed by atoms with Crippen LogP contribution in [0.1, 0.15) is 33.1 Å². The first kappa shape index (κ1) is 8.66. The van der Waals surface area contributed by atoms with Crippen molar-refractivity contribution in [3.63, 3.8) is 0 Å². The maximum absolute atomic E-state index is 2.47. The van der Waals surface area contributed by atoms with E-state index in [4.69, 9.17) is 0 Å². The van der Waals surface area contributed by atoms with E-state index in [0.717, 1.165) is 0 Å². The van der Waals surface area contributed by atoms with E-state index in [1.165, 1.54) is 24.8 Å². The Hall–Kier alpha value is -1.43. The summed E-state index contributed by atoms with van der Waals surface area (Å²) in [7, 11) is 2.23. The number of fused-ring (bicyclic) bond motifs is 2. The topological polar surface area (TPSA) is 3.24 Å². The monoisotopic (exact) mass is 417 g/mol. The Morgan fingerprint density at radius 1 is 1.58 bits per heavy atom. The maximum Gasteiger partial charge on any atom is 0 e. The van der Waals surface area contributed by atoms with E-state index in [1.54, 1.807) is 6.04 Å². The average molecular weight is 417 g/mol. The van der Waals surface area contributed by atoms with Crippen molar-refractivity contribution in [3.05, 3.63) is 17.7 Å². The SMILES string of the molecule is CC1=CCC2(C)CC[C-]1N2C.[Rf]. The molecule has 1 fully saturated rings. The third-order valence-corrected chi connectivity index (χ3v) is 3.42. The zero-order chi connectivity index (χ0) is 8.06. The molecule has 2 bridgehead atoms. The Kier molecular flexibility index (Phi) is 1.64. The van der Waals surface area contributed by atoms with Gasteiger partial charge in [-0.25, -0.2) is 11.6 Å². The largest absolute Gasteiger partial charge is 0.355 e. The molecule has 0 aromatic rings. The van der Waals surface area contributed by atoms with Gasteiger partial charge in [0.05, 0.1) is 0 Å². The van der Waals surface area contributed by atoms with Crippen molar-refractivity contribution in [1.82, 2.24) is 4.90 Å². The average Bonchev–Trinajstić information content (AvgIpc) is 2.14. The molecule has 64 valence electrons. The maximum atomic E-state index is 2.47. The van der Waals surface area contributed by atoms with Crippen LogP contribution in [-0.4, -0.2) is 17.5 Å². The van der Waals surface area contributed by atoms with Gasteiger partial charge in [-0.05, 0) is 25.9 Å². The van der Waals surface area contributed by atoms with E-state index in [1.807, 2.05) is 0 Å². The molecule has 1 saturated heterocycles. The normalized spacial score (nSPS) is 34.6. The Balaban J connectivity index is 0.000000720. The van der Waals surface area contributed by atoms with Crippen LogP contribution in [0.4, 0.5) is 0 Å². The molecular weight excluding hydrogens is 401 g/mol.